The molecule has 6 unspecified atom stereocenters. The SMILES string of the molecule is C=CC(=O)N1CC2CNc3c(c4cc(F)c(-c5cc(N)ccc5Cl)nc4n(-c4c(C)ccnc4C(C)C)c3=O)N2CC1C.C=CC(=O)N1CC2COc3c(c4cc(F)c(-c5cc(N)ccc5Cl)nc4n(-c4c(C)ccnc4C(C)C)c3=O)N2CC1C.C=CC(=O)N1CC2Cc3c(c4cc(Cl)c(-c5cc(O)cc(Cl)c5Cl)nc4n(-c4c(C)ccnc4C(C)C)c3=O)N2CC1C. The first kappa shape index (κ1) is 89.9. The van der Waals surface area contributed by atoms with Gasteiger partial charge in [-0.25, -0.2) is 23.7 Å². The van der Waals surface area contributed by atoms with Crippen LogP contribution in [0.25, 0.3) is 83.9 Å². The second kappa shape index (κ2) is 35.2. The highest BCUT2D eigenvalue weighted by molar-refractivity contribution is 6.44. The van der Waals surface area contributed by atoms with Crippen LogP contribution < -0.4 is 52.9 Å². The van der Waals surface area contributed by atoms with E-state index in [1.54, 1.807) is 84.9 Å². The number of halogens is 7. The predicted octanol–water partition coefficient (Wildman–Crippen LogP) is 17.2. The third-order valence-electron chi connectivity index (χ3n) is 24.9. The normalized spacial score (nSPS) is 17.9. The van der Waals surface area contributed by atoms with E-state index in [2.05, 4.69) is 49.8 Å². The van der Waals surface area contributed by atoms with Gasteiger partial charge in [0.1, 0.15) is 46.7 Å². The standard InChI is InChI=1S/C32H30Cl3N5O3.C32H33ClFN7O2.C32H32ClFN6O3/c1-6-25(42)38-14-18-9-22-30(39(18)13-17(38)5)21-12-24(34)28(20-10-19(41)11-23(33)26(20)35)37-31(21)40(32(22)43)29-16(4)7-8-36-27(29)15(2)3;1-6-25(42)39-15-20-13-37-28-30(40(20)14-18(39)5)22-12-24(34)27(21-11-19(35)7-8-23(21)33)38-31(22)41(32(28)43)29-17(4)9-10-36-26(29)16(2)3;1-6-25(41)38-14-20-15-43-30-29(39(20)13-18(38)5)22-12-24(34)27(21-11-19(35)7-8-23(21)33)37-31(22)40(32(30)42)28-17(4)9-10-36-26(28)16(2)3/h6-8,10-12,15,17-18,41H,1,9,13-14H2,2-5H3;6-12,16,18,20,37H,1,13-15,35H2,2-5H3;6-12,16,18,20H,1,13-15,35H2,2-5H3. The van der Waals surface area contributed by atoms with E-state index in [-0.39, 0.29) is 154 Å². The van der Waals surface area contributed by atoms with Gasteiger partial charge in [0, 0.05) is 145 Å². The molecule has 15 heterocycles. The first-order valence-corrected chi connectivity index (χ1v) is 44.3. The van der Waals surface area contributed by atoms with Gasteiger partial charge in [-0.3, -0.25) is 57.4 Å². The van der Waals surface area contributed by atoms with Gasteiger partial charge in [-0.15, -0.1) is 0 Å². The molecule has 0 aliphatic carbocycles. The molecule has 9 aromatic heterocycles. The minimum atomic E-state index is -0.630. The molecule has 6 atom stereocenters. The predicted molar refractivity (Wildman–Crippen MR) is 509 cm³/mol. The summed E-state index contributed by atoms with van der Waals surface area (Å²) in [5.74, 6) is -1.70. The van der Waals surface area contributed by atoms with E-state index in [4.69, 9.17) is 89.2 Å². The molecule has 6 aliphatic heterocycles. The second-order valence-corrected chi connectivity index (χ2v) is 36.5. The van der Waals surface area contributed by atoms with Crippen molar-refractivity contribution in [3.8, 4) is 62.3 Å². The van der Waals surface area contributed by atoms with Crippen LogP contribution in [-0.2, 0) is 20.8 Å². The molecule has 3 saturated heterocycles. The van der Waals surface area contributed by atoms with Crippen LogP contribution in [0.1, 0.15) is 119 Å². The molecule has 3 amide bonds. The number of nitrogens with one attached hydrogen (secondary N) is 1. The molecule has 33 heteroatoms. The Morgan fingerprint density at radius 1 is 0.488 bits per heavy atom. The average molecular weight is 1840 g/mol. The molecule has 0 radical (unpaired) electrons. The molecule has 0 saturated carbocycles. The molecule has 0 bridgehead atoms. The molecule has 3 fully saturated rings. The summed E-state index contributed by atoms with van der Waals surface area (Å²) in [4.78, 5) is 122. The molecular formula is C96H95Cl5F2N18O8. The zero-order chi connectivity index (χ0) is 92.4. The number of fused-ring (bicyclic) bond motifs is 15. The summed E-state index contributed by atoms with van der Waals surface area (Å²) in [7, 11) is 0. The molecule has 3 aromatic carbocycles. The molecule has 18 rings (SSSR count). The number of carbonyl (C=O) groups excluding carboxylic acids is 3. The van der Waals surface area contributed by atoms with E-state index < -0.39 is 17.2 Å². The maximum atomic E-state index is 16.2. The molecule has 129 heavy (non-hydrogen) atoms. The van der Waals surface area contributed by atoms with Gasteiger partial charge in [0.15, 0.2) is 11.3 Å². The number of aryl methyl sites for hydroxylation is 3. The van der Waals surface area contributed by atoms with Gasteiger partial charge in [0.25, 0.3) is 11.1 Å². The Kier molecular flexibility index (Phi) is 24.5. The Bertz CT molecular complexity index is 6670. The lowest BCUT2D eigenvalue weighted by Crippen LogP contribution is -2.62. The van der Waals surface area contributed by atoms with E-state index in [0.29, 0.717) is 147 Å². The molecule has 6 N–H and O–H groups in total. The number of amides is 3. The van der Waals surface area contributed by atoms with Crippen molar-refractivity contribution in [3.63, 3.8) is 0 Å². The number of benzene rings is 3. The molecule has 666 valence electrons. The first-order chi connectivity index (χ1) is 61.4. The minimum absolute atomic E-state index is 0.00942. The number of phenols is 1. The summed E-state index contributed by atoms with van der Waals surface area (Å²) in [6, 6.07) is 21.6. The number of carbonyl (C=O) groups is 3. The van der Waals surface area contributed by atoms with E-state index in [9.17, 15) is 33.9 Å². The zero-order valence-corrected chi connectivity index (χ0v) is 76.8. The van der Waals surface area contributed by atoms with Gasteiger partial charge in [-0.2, -0.15) is 0 Å². The fraction of sp³-hybridized carbons (Fsp3) is 0.312. The van der Waals surface area contributed by atoms with Crippen molar-refractivity contribution in [1.29, 1.82) is 0 Å². The number of rotatable bonds is 12. The van der Waals surface area contributed by atoms with E-state index >= 15 is 8.78 Å². The zero-order valence-electron chi connectivity index (χ0n) is 73.0. The number of pyridine rings is 9. The van der Waals surface area contributed by atoms with Crippen molar-refractivity contribution in [3.05, 3.63) is 249 Å². The van der Waals surface area contributed by atoms with E-state index in [1.165, 1.54) is 47.1 Å². The number of hydrogen-bond donors (Lipinski definition) is 4. The molecule has 12 aromatic rings. The lowest BCUT2D eigenvalue weighted by atomic mass is 9.99. The number of aromatic hydroxyl groups is 1. The van der Waals surface area contributed by atoms with Crippen molar-refractivity contribution in [1.82, 2.24) is 58.3 Å². The van der Waals surface area contributed by atoms with Crippen molar-refractivity contribution < 1.29 is 33.0 Å². The third kappa shape index (κ3) is 15.7. The van der Waals surface area contributed by atoms with Crippen LogP contribution in [-0.4, -0.2) is 170 Å². The van der Waals surface area contributed by atoms with Crippen LogP contribution in [0.5, 0.6) is 11.5 Å². The molecular weight excluding hydrogens is 1750 g/mol. The van der Waals surface area contributed by atoms with Gasteiger partial charge in [-0.1, -0.05) is 119 Å². The van der Waals surface area contributed by atoms with Crippen molar-refractivity contribution in [2.45, 2.75) is 144 Å². The van der Waals surface area contributed by atoms with Crippen LogP contribution in [0.4, 0.5) is 42.9 Å². The second-order valence-electron chi connectivity index (χ2n) is 34.5. The quantitative estimate of drug-likeness (QED) is 0.0652. The third-order valence-corrected chi connectivity index (χ3v) is 26.7. The van der Waals surface area contributed by atoms with Crippen molar-refractivity contribution >= 4 is 143 Å². The fourth-order valence-electron chi connectivity index (χ4n) is 18.8. The highest BCUT2D eigenvalue weighted by atomic mass is 35.5. The topological polar surface area (TPSA) is 308 Å². The van der Waals surface area contributed by atoms with Crippen LogP contribution in [0.3, 0.4) is 0 Å². The Morgan fingerprint density at radius 2 is 0.899 bits per heavy atom. The Morgan fingerprint density at radius 3 is 1.36 bits per heavy atom. The monoisotopic (exact) mass is 1840 g/mol. The van der Waals surface area contributed by atoms with Gasteiger partial charge < -0.3 is 56.0 Å². The highest BCUT2D eigenvalue weighted by Gasteiger charge is 2.46. The van der Waals surface area contributed by atoms with Crippen LogP contribution in [0.2, 0.25) is 25.1 Å². The molecule has 0 spiro atoms. The van der Waals surface area contributed by atoms with Gasteiger partial charge in [0.2, 0.25) is 23.5 Å². The number of nitrogens with two attached hydrogens (primary N) is 2. The lowest BCUT2D eigenvalue weighted by molar-refractivity contribution is -0.129. The number of phenolic OH excluding ortho intramolecular Hbond substituents is 1. The summed E-state index contributed by atoms with van der Waals surface area (Å²) in [6.45, 7) is 37.9. The summed E-state index contributed by atoms with van der Waals surface area (Å²) < 4.78 is 43.1. The maximum Gasteiger partial charge on any atom is 0.301 e. The number of aromatic nitrogens is 9. The lowest BCUT2D eigenvalue weighted by Gasteiger charge is -2.49. The van der Waals surface area contributed by atoms with Gasteiger partial charge >= 0.3 is 5.56 Å². The summed E-state index contributed by atoms with van der Waals surface area (Å²) in [5.41, 5.74) is 23.3. The number of nitrogen functional groups attached to an aromatic ring is 2. The Balaban J connectivity index is 0.000000142. The van der Waals surface area contributed by atoms with Crippen LogP contribution >= 0.6 is 58.0 Å². The number of anilines is 6. The van der Waals surface area contributed by atoms with Crippen molar-refractivity contribution in [2.75, 3.05) is 83.9 Å². The van der Waals surface area contributed by atoms with Gasteiger partial charge in [-0.05, 0) is 173 Å². The average Bonchev–Trinajstić information content (AvgIpc) is 0.831. The molecule has 26 nitrogen and oxygen atoms in total. The van der Waals surface area contributed by atoms with Crippen LogP contribution in [0, 0.1) is 32.4 Å². The molecule has 6 aliphatic rings. The summed E-state index contributed by atoms with van der Waals surface area (Å²) >= 11 is 32.8. The Labute approximate surface area is 767 Å². The van der Waals surface area contributed by atoms with Gasteiger partial charge in [0.05, 0.1) is 100 Å². The fourth-order valence-corrected chi connectivity index (χ4v) is 19.9. The van der Waals surface area contributed by atoms with Crippen molar-refractivity contribution in [2.24, 2.45) is 0 Å². The number of hydrogen-bond acceptors (Lipinski definition) is 20. The van der Waals surface area contributed by atoms with E-state index in [0.717, 1.165) is 33.8 Å². The number of piperazine rings is 3. The maximum absolute atomic E-state index is 16.2. The van der Waals surface area contributed by atoms with E-state index in [1.807, 2.05) is 106 Å². The minimum Gasteiger partial charge on any atom is -0.508 e. The number of ether oxygens (including phenoxy) is 1. The summed E-state index contributed by atoms with van der Waals surface area (Å²) in [6.07, 6.45) is 9.57. The smallest absolute Gasteiger partial charge is 0.301 e. The largest absolute Gasteiger partial charge is 0.508 e. The number of nitrogens with zero attached hydrogens (tertiary/aromatic N) is 15. The Hall–Kier alpha value is -12.5. The first-order valence-electron chi connectivity index (χ1n) is 42.4. The van der Waals surface area contributed by atoms with Crippen LogP contribution in [0.15, 0.2) is 156 Å². The summed E-state index contributed by atoms with van der Waals surface area (Å²) in [5, 5.41) is 16.4. The highest BCUT2D eigenvalue weighted by Crippen LogP contribution is 2.49.